The van der Waals surface area contributed by atoms with E-state index in [0.717, 1.165) is 43.3 Å². The predicted molar refractivity (Wildman–Crippen MR) is 136 cm³/mol. The second-order valence-corrected chi connectivity index (χ2v) is 11.2. The number of hydrogen-bond acceptors (Lipinski definition) is 3. The van der Waals surface area contributed by atoms with Gasteiger partial charge in [0.05, 0.1) is 17.8 Å². The molecule has 3 nitrogen and oxygen atoms in total. The van der Waals surface area contributed by atoms with Crippen LogP contribution in [0.2, 0.25) is 0 Å². The second kappa shape index (κ2) is 10.9. The van der Waals surface area contributed by atoms with Gasteiger partial charge in [0.2, 0.25) is 0 Å². The highest BCUT2D eigenvalue weighted by Crippen LogP contribution is 2.59. The highest BCUT2D eigenvalue weighted by atomic mass is 16.3. The van der Waals surface area contributed by atoms with Gasteiger partial charge >= 0.3 is 0 Å². The van der Waals surface area contributed by atoms with E-state index in [9.17, 15) is 15.3 Å². The normalized spacial score (nSPS) is 35.9. The van der Waals surface area contributed by atoms with E-state index in [-0.39, 0.29) is 5.41 Å². The number of hydrogen-bond donors (Lipinski definition) is 3. The Morgan fingerprint density at radius 3 is 2.64 bits per heavy atom. The molecule has 0 aliphatic heterocycles. The standard InChI is InChI=1S/C30H46O3/c1-6-30(33,7-2)18-9-8-11-21(3)26-15-16-27-23(12-10-17-29(26,27)5)13-14-24-19-25(31)20-28(32)22(24)4/h13-14,21,25-28,31-33H,4,6-7,9-10,12,15-20H2,1-3,5H3/b23-13+,24-14+/t21-,25-,26-,27+,28+,29-/m1/s1. The van der Waals surface area contributed by atoms with Crippen LogP contribution in [-0.4, -0.2) is 33.1 Å². The Morgan fingerprint density at radius 2 is 1.94 bits per heavy atom. The Balaban J connectivity index is 1.69. The van der Waals surface area contributed by atoms with E-state index >= 15 is 0 Å². The predicted octanol–water partition coefficient (Wildman–Crippen LogP) is 6.10. The first-order valence-corrected chi connectivity index (χ1v) is 13.3. The maximum atomic E-state index is 10.5. The molecule has 0 spiro atoms. The van der Waals surface area contributed by atoms with Crippen molar-refractivity contribution < 1.29 is 15.3 Å². The van der Waals surface area contributed by atoms with Crippen molar-refractivity contribution in [1.29, 1.82) is 0 Å². The molecule has 0 heterocycles. The van der Waals surface area contributed by atoms with Crippen molar-refractivity contribution in [3.63, 3.8) is 0 Å². The number of allylic oxidation sites excluding steroid dienone is 3. The van der Waals surface area contributed by atoms with Crippen molar-refractivity contribution in [3.05, 3.63) is 35.5 Å². The van der Waals surface area contributed by atoms with Crippen molar-refractivity contribution in [2.24, 2.45) is 23.2 Å². The van der Waals surface area contributed by atoms with Gasteiger partial charge in [-0.2, -0.15) is 0 Å². The lowest BCUT2D eigenvalue weighted by Gasteiger charge is -2.43. The van der Waals surface area contributed by atoms with Crippen molar-refractivity contribution >= 4 is 0 Å². The zero-order valence-electron chi connectivity index (χ0n) is 21.4. The molecule has 3 fully saturated rings. The third-order valence-corrected chi connectivity index (χ3v) is 9.27. The van der Waals surface area contributed by atoms with Crippen LogP contribution in [0.1, 0.15) is 98.3 Å². The minimum Gasteiger partial charge on any atom is -0.393 e. The third-order valence-electron chi connectivity index (χ3n) is 9.27. The fraction of sp³-hybridized carbons (Fsp3) is 0.733. The molecule has 0 bridgehead atoms. The Morgan fingerprint density at radius 1 is 1.21 bits per heavy atom. The first-order chi connectivity index (χ1) is 15.6. The van der Waals surface area contributed by atoms with E-state index < -0.39 is 17.8 Å². The average molecular weight is 455 g/mol. The van der Waals surface area contributed by atoms with Gasteiger partial charge in [0.1, 0.15) is 0 Å². The van der Waals surface area contributed by atoms with Gasteiger partial charge in [-0.1, -0.05) is 57.9 Å². The molecule has 0 aromatic heterocycles. The molecule has 0 amide bonds. The van der Waals surface area contributed by atoms with E-state index in [2.05, 4.69) is 58.3 Å². The van der Waals surface area contributed by atoms with Crippen LogP contribution >= 0.6 is 0 Å². The number of aliphatic hydroxyl groups is 3. The highest BCUT2D eigenvalue weighted by molar-refractivity contribution is 5.38. The fourth-order valence-electron chi connectivity index (χ4n) is 6.80. The SMILES string of the molecule is C=C1/C(=C/C=C2\CCC[C@]3(C)[C@@H]([C@H](C)C#CCCC(O)(CC)CC)CC[C@@H]23)C[C@@H](O)C[C@@H]1O. The third kappa shape index (κ3) is 5.84. The molecule has 6 atom stereocenters. The van der Waals surface area contributed by atoms with Crippen LogP contribution in [-0.2, 0) is 0 Å². The van der Waals surface area contributed by atoms with Crippen molar-refractivity contribution in [2.45, 2.75) is 116 Å². The molecule has 3 N–H and O–H groups in total. The first-order valence-electron chi connectivity index (χ1n) is 13.3. The molecule has 0 saturated heterocycles. The van der Waals surface area contributed by atoms with Gasteiger partial charge in [-0.05, 0) is 86.2 Å². The summed E-state index contributed by atoms with van der Waals surface area (Å²) in [4.78, 5) is 0. The largest absolute Gasteiger partial charge is 0.393 e. The Kier molecular flexibility index (Phi) is 8.71. The van der Waals surface area contributed by atoms with Crippen LogP contribution in [0.25, 0.3) is 0 Å². The summed E-state index contributed by atoms with van der Waals surface area (Å²) < 4.78 is 0. The van der Waals surface area contributed by atoms with Crippen LogP contribution in [0.5, 0.6) is 0 Å². The van der Waals surface area contributed by atoms with Crippen LogP contribution in [0.15, 0.2) is 35.5 Å². The van der Waals surface area contributed by atoms with Gasteiger partial charge in [0, 0.05) is 18.8 Å². The van der Waals surface area contributed by atoms with Crippen LogP contribution in [0.3, 0.4) is 0 Å². The van der Waals surface area contributed by atoms with Crippen LogP contribution < -0.4 is 0 Å². The molecular weight excluding hydrogens is 408 g/mol. The smallest absolute Gasteiger partial charge is 0.0811 e. The molecule has 33 heavy (non-hydrogen) atoms. The quantitative estimate of drug-likeness (QED) is 0.425. The lowest BCUT2D eigenvalue weighted by atomic mass is 9.61. The molecule has 0 aromatic carbocycles. The topological polar surface area (TPSA) is 60.7 Å². The molecule has 0 aromatic rings. The maximum Gasteiger partial charge on any atom is 0.0811 e. The summed E-state index contributed by atoms with van der Waals surface area (Å²) in [6.45, 7) is 12.9. The Hall–Kier alpha value is -1.34. The van der Waals surface area contributed by atoms with Crippen molar-refractivity contribution in [3.8, 4) is 11.8 Å². The number of fused-ring (bicyclic) bond motifs is 1. The zero-order valence-corrected chi connectivity index (χ0v) is 21.4. The van der Waals surface area contributed by atoms with Crippen molar-refractivity contribution in [2.75, 3.05) is 0 Å². The summed E-state index contributed by atoms with van der Waals surface area (Å²) in [6.07, 6.45) is 13.5. The van der Waals surface area contributed by atoms with Gasteiger partial charge < -0.3 is 15.3 Å². The zero-order chi connectivity index (χ0) is 24.2. The minimum absolute atomic E-state index is 0.285. The maximum absolute atomic E-state index is 10.5. The van der Waals surface area contributed by atoms with E-state index in [0.29, 0.717) is 30.6 Å². The summed E-state index contributed by atoms with van der Waals surface area (Å²) in [6, 6.07) is 0. The molecule has 3 aliphatic rings. The average Bonchev–Trinajstić information content (AvgIpc) is 3.15. The molecule has 0 radical (unpaired) electrons. The number of aliphatic hydroxyl groups excluding tert-OH is 2. The minimum atomic E-state index is -0.629. The monoisotopic (exact) mass is 454 g/mol. The van der Waals surface area contributed by atoms with E-state index in [1.807, 2.05) is 0 Å². The van der Waals surface area contributed by atoms with Crippen LogP contribution in [0.4, 0.5) is 0 Å². The highest BCUT2D eigenvalue weighted by Gasteiger charge is 2.50. The van der Waals surface area contributed by atoms with Crippen LogP contribution in [0, 0.1) is 35.0 Å². The van der Waals surface area contributed by atoms with Gasteiger partial charge in [-0.15, -0.1) is 5.92 Å². The molecule has 3 saturated carbocycles. The van der Waals surface area contributed by atoms with Gasteiger partial charge in [0.15, 0.2) is 0 Å². The summed E-state index contributed by atoms with van der Waals surface area (Å²) in [5.41, 5.74) is 3.01. The molecule has 3 aliphatic carbocycles. The Bertz CT molecular complexity index is 821. The second-order valence-electron chi connectivity index (χ2n) is 11.2. The van der Waals surface area contributed by atoms with Crippen molar-refractivity contribution in [1.82, 2.24) is 0 Å². The fourth-order valence-corrected chi connectivity index (χ4v) is 6.80. The summed E-state index contributed by atoms with van der Waals surface area (Å²) in [5, 5.41) is 30.7. The summed E-state index contributed by atoms with van der Waals surface area (Å²) in [7, 11) is 0. The van der Waals surface area contributed by atoms with E-state index in [1.54, 1.807) is 0 Å². The van der Waals surface area contributed by atoms with Gasteiger partial charge in [-0.3, -0.25) is 0 Å². The lowest BCUT2D eigenvalue weighted by molar-refractivity contribution is 0.0251. The molecule has 0 unspecified atom stereocenters. The first kappa shape index (κ1) is 26.3. The van der Waals surface area contributed by atoms with Gasteiger partial charge in [-0.25, -0.2) is 0 Å². The summed E-state index contributed by atoms with van der Waals surface area (Å²) in [5.74, 6) is 8.53. The lowest BCUT2D eigenvalue weighted by Crippen LogP contribution is -2.35. The Labute approximate surface area is 202 Å². The number of rotatable bonds is 6. The molecule has 184 valence electrons. The van der Waals surface area contributed by atoms with Gasteiger partial charge in [0.25, 0.3) is 0 Å². The van der Waals surface area contributed by atoms with E-state index in [1.165, 1.54) is 31.3 Å². The summed E-state index contributed by atoms with van der Waals surface area (Å²) >= 11 is 0. The molecular formula is C30H46O3. The molecule has 3 heteroatoms. The van der Waals surface area contributed by atoms with E-state index in [4.69, 9.17) is 0 Å². The molecule has 3 rings (SSSR count).